The quantitative estimate of drug-likeness (QED) is 0.545. The van der Waals surface area contributed by atoms with Gasteiger partial charge in [-0.15, -0.1) is 0 Å². The van der Waals surface area contributed by atoms with Crippen molar-refractivity contribution in [1.29, 1.82) is 0 Å². The molecule has 0 saturated carbocycles. The second kappa shape index (κ2) is 2.70. The topological polar surface area (TPSA) is 26.3 Å². The first-order valence-electron chi connectivity index (χ1n) is 3.53. The van der Waals surface area contributed by atoms with E-state index in [0.717, 1.165) is 12.8 Å². The second-order valence-electron chi connectivity index (χ2n) is 3.04. The molecule has 1 rings (SSSR count). The Morgan fingerprint density at radius 3 is 2.30 bits per heavy atom. The van der Waals surface area contributed by atoms with Crippen LogP contribution in [-0.4, -0.2) is 19.0 Å². The lowest BCUT2D eigenvalue weighted by atomic mass is 9.79. The molecule has 0 bridgehead atoms. The van der Waals surface area contributed by atoms with Gasteiger partial charge in [-0.05, 0) is 12.8 Å². The minimum absolute atomic E-state index is 0.198. The zero-order chi connectivity index (χ0) is 7.61. The lowest BCUT2D eigenvalue weighted by Gasteiger charge is -2.30. The van der Waals surface area contributed by atoms with Crippen LogP contribution in [0.1, 0.15) is 19.8 Å². The van der Waals surface area contributed by atoms with E-state index in [0.29, 0.717) is 13.2 Å². The predicted octanol–water partition coefficient (Wildman–Crippen LogP) is 1.08. The maximum Gasteiger partial charge on any atom is 0.143 e. The van der Waals surface area contributed by atoms with Crippen molar-refractivity contribution >= 4 is 5.78 Å². The molecule has 0 aromatic rings. The molecule has 1 aliphatic rings. The van der Waals surface area contributed by atoms with Crippen LogP contribution >= 0.6 is 0 Å². The van der Waals surface area contributed by atoms with Gasteiger partial charge in [0.2, 0.25) is 0 Å². The number of hydrogen-bond donors (Lipinski definition) is 0. The zero-order valence-corrected chi connectivity index (χ0v) is 6.22. The van der Waals surface area contributed by atoms with Gasteiger partial charge in [-0.2, -0.15) is 0 Å². The fourth-order valence-electron chi connectivity index (χ4n) is 1.07. The summed E-state index contributed by atoms with van der Waals surface area (Å²) in [6, 6.07) is 0. The highest BCUT2D eigenvalue weighted by Crippen LogP contribution is 2.29. The van der Waals surface area contributed by atoms with Gasteiger partial charge in [0.25, 0.3) is 0 Å². The van der Waals surface area contributed by atoms with Gasteiger partial charge in [0.05, 0.1) is 0 Å². The van der Waals surface area contributed by atoms with Gasteiger partial charge >= 0.3 is 0 Å². The van der Waals surface area contributed by atoms with E-state index >= 15 is 0 Å². The Morgan fingerprint density at radius 1 is 1.50 bits per heavy atom. The Kier molecular flexibility index (Phi) is 2.09. The average Bonchev–Trinajstić information content (AvgIpc) is 1.89. The molecule has 56 valence electrons. The van der Waals surface area contributed by atoms with Crippen molar-refractivity contribution in [2.75, 3.05) is 13.2 Å². The Balaban J connectivity index is 2.56. The van der Waals surface area contributed by atoms with Gasteiger partial charge in [0, 0.05) is 25.6 Å². The van der Waals surface area contributed by atoms with Crippen LogP contribution in [0, 0.1) is 12.3 Å². The van der Waals surface area contributed by atoms with E-state index in [1.807, 2.05) is 6.92 Å². The van der Waals surface area contributed by atoms with E-state index in [1.165, 1.54) is 0 Å². The second-order valence-corrected chi connectivity index (χ2v) is 3.04. The zero-order valence-electron chi connectivity index (χ0n) is 6.22. The fourth-order valence-corrected chi connectivity index (χ4v) is 1.07. The molecule has 2 nitrogen and oxygen atoms in total. The number of Topliss-reactive ketones (excluding diaryl/α,β-unsaturated/α-hetero) is 1. The Labute approximate surface area is 61.6 Å². The number of ether oxygens (including phenoxy) is 1. The van der Waals surface area contributed by atoms with Crippen LogP contribution in [0.5, 0.6) is 0 Å². The summed E-state index contributed by atoms with van der Waals surface area (Å²) < 4.78 is 5.11. The van der Waals surface area contributed by atoms with E-state index in [-0.39, 0.29) is 11.2 Å². The van der Waals surface area contributed by atoms with Crippen LogP contribution < -0.4 is 0 Å². The summed E-state index contributed by atoms with van der Waals surface area (Å²) in [5.41, 5.74) is -0.307. The third kappa shape index (κ3) is 1.37. The number of carbonyl (C=O) groups excluding carboxylic acids is 1. The third-order valence-corrected chi connectivity index (χ3v) is 2.19. The first kappa shape index (κ1) is 7.73. The Bertz CT molecular complexity index is 134. The molecular formula is C8H12O2. The highest BCUT2D eigenvalue weighted by molar-refractivity contribution is 5.88. The summed E-state index contributed by atoms with van der Waals surface area (Å²) in [6.45, 7) is 8.44. The van der Waals surface area contributed by atoms with E-state index < -0.39 is 0 Å². The minimum atomic E-state index is -0.307. The molecule has 0 spiro atoms. The molecule has 2 heteroatoms. The van der Waals surface area contributed by atoms with E-state index in [4.69, 9.17) is 11.7 Å². The molecule has 2 radical (unpaired) electrons. The van der Waals surface area contributed by atoms with Crippen molar-refractivity contribution in [3.05, 3.63) is 6.92 Å². The van der Waals surface area contributed by atoms with E-state index in [2.05, 4.69) is 0 Å². The van der Waals surface area contributed by atoms with Crippen LogP contribution in [0.25, 0.3) is 0 Å². The number of rotatable bonds is 1. The Hall–Kier alpha value is -0.370. The first-order valence-corrected chi connectivity index (χ1v) is 3.53. The molecule has 1 fully saturated rings. The standard InChI is InChI=1S/C8H12O2/c1-7(9)8(2)3-5-10-6-4-8/h1H,3-6H2,2H3. The molecule has 1 saturated heterocycles. The van der Waals surface area contributed by atoms with Crippen molar-refractivity contribution in [3.63, 3.8) is 0 Å². The first-order chi connectivity index (χ1) is 4.65. The van der Waals surface area contributed by atoms with Gasteiger partial charge in [0.15, 0.2) is 0 Å². The Morgan fingerprint density at radius 2 is 2.00 bits per heavy atom. The number of carbonyl (C=O) groups is 1. The van der Waals surface area contributed by atoms with Crippen LogP contribution in [0.15, 0.2) is 0 Å². The number of hydrogen-bond acceptors (Lipinski definition) is 2. The maximum absolute atomic E-state index is 10.8. The average molecular weight is 140 g/mol. The van der Waals surface area contributed by atoms with Gasteiger partial charge < -0.3 is 4.74 Å². The smallest absolute Gasteiger partial charge is 0.143 e. The van der Waals surface area contributed by atoms with Gasteiger partial charge in [-0.1, -0.05) is 6.92 Å². The van der Waals surface area contributed by atoms with Gasteiger partial charge in [-0.25, -0.2) is 0 Å². The van der Waals surface area contributed by atoms with Crippen molar-refractivity contribution in [2.24, 2.45) is 5.41 Å². The largest absolute Gasteiger partial charge is 0.381 e. The van der Waals surface area contributed by atoms with Crippen LogP contribution in [-0.2, 0) is 9.53 Å². The fraction of sp³-hybridized carbons (Fsp3) is 0.750. The van der Waals surface area contributed by atoms with Crippen LogP contribution in [0.4, 0.5) is 0 Å². The highest BCUT2D eigenvalue weighted by Gasteiger charge is 2.31. The van der Waals surface area contributed by atoms with Crippen molar-refractivity contribution in [2.45, 2.75) is 19.8 Å². The summed E-state index contributed by atoms with van der Waals surface area (Å²) in [7, 11) is 0. The molecule has 1 aliphatic heterocycles. The molecule has 0 aliphatic carbocycles. The SMILES string of the molecule is [CH]C(=O)C1(C)CCOCC1. The maximum atomic E-state index is 10.8. The monoisotopic (exact) mass is 140 g/mol. The summed E-state index contributed by atoms with van der Waals surface area (Å²) in [5, 5.41) is 0. The van der Waals surface area contributed by atoms with Crippen molar-refractivity contribution in [1.82, 2.24) is 0 Å². The van der Waals surface area contributed by atoms with Crippen molar-refractivity contribution < 1.29 is 9.53 Å². The van der Waals surface area contributed by atoms with E-state index in [9.17, 15) is 4.79 Å². The summed E-state index contributed by atoms with van der Waals surface area (Å²) >= 11 is 0. The van der Waals surface area contributed by atoms with Crippen LogP contribution in [0.3, 0.4) is 0 Å². The molecule has 0 atom stereocenters. The number of ketones is 1. The minimum Gasteiger partial charge on any atom is -0.381 e. The lowest BCUT2D eigenvalue weighted by molar-refractivity contribution is -0.128. The summed E-state index contributed by atoms with van der Waals surface area (Å²) in [6.07, 6.45) is 1.53. The van der Waals surface area contributed by atoms with Crippen molar-refractivity contribution in [3.8, 4) is 0 Å². The predicted molar refractivity (Wildman–Crippen MR) is 37.5 cm³/mol. The molecule has 0 aromatic heterocycles. The van der Waals surface area contributed by atoms with Gasteiger partial charge in [-0.3, -0.25) is 4.79 Å². The van der Waals surface area contributed by atoms with Crippen LogP contribution in [0.2, 0.25) is 0 Å². The molecule has 1 heterocycles. The van der Waals surface area contributed by atoms with E-state index in [1.54, 1.807) is 0 Å². The lowest BCUT2D eigenvalue weighted by Crippen LogP contribution is -2.32. The highest BCUT2D eigenvalue weighted by atomic mass is 16.5. The molecule has 0 aromatic carbocycles. The molecule has 0 amide bonds. The summed E-state index contributed by atoms with van der Waals surface area (Å²) in [4.78, 5) is 10.8. The third-order valence-electron chi connectivity index (χ3n) is 2.19. The molecule has 0 unspecified atom stereocenters. The molecular weight excluding hydrogens is 128 g/mol. The molecule has 0 N–H and O–H groups in total. The molecule has 10 heavy (non-hydrogen) atoms. The van der Waals surface area contributed by atoms with Gasteiger partial charge in [0.1, 0.15) is 5.78 Å². The normalized spacial score (nSPS) is 24.2. The summed E-state index contributed by atoms with van der Waals surface area (Å²) in [5.74, 6) is -0.198.